The van der Waals surface area contributed by atoms with E-state index in [4.69, 9.17) is 44.8 Å². The van der Waals surface area contributed by atoms with Gasteiger partial charge in [-0.25, -0.2) is 0 Å². The maximum Gasteiger partial charge on any atom is 0.323 e. The molecule has 12 unspecified atom stereocenters. The molecule has 0 saturated carbocycles. The fourth-order valence-electron chi connectivity index (χ4n) is 7.76. The number of ether oxygens (including phenoxy) is 3. The number of aliphatic hydroxyl groups is 3. The monoisotopic (exact) mass is 788 g/mol. The SMILES string of the molecule is CN1CC(O)CC1C(=O)O.CN1CC(O)CC1C(=O)O.CN1CC2CC1C(=O)O2.CN1CC2CC1C(=O)O2.O=C(O)C1CC(O)CN1.O=C1OC2CNC1C2. The molecule has 9 saturated heterocycles. The number of β-amino-alcohol motifs (C(OH)–C–C–N with tert-alkyl or cyclic N) is 3. The zero-order chi connectivity index (χ0) is 40.7. The van der Waals surface area contributed by atoms with Gasteiger partial charge in [0.25, 0.3) is 0 Å². The molecule has 0 aromatic rings. The van der Waals surface area contributed by atoms with E-state index in [1.54, 1.807) is 23.9 Å². The molecule has 12 atom stereocenters. The van der Waals surface area contributed by atoms with Gasteiger partial charge in [0.05, 0.1) is 18.3 Å². The first-order valence-corrected chi connectivity index (χ1v) is 18.4. The summed E-state index contributed by atoms with van der Waals surface area (Å²) in [5.74, 6) is -2.71. The molecule has 0 aliphatic carbocycles. The smallest absolute Gasteiger partial charge is 0.323 e. The van der Waals surface area contributed by atoms with Gasteiger partial charge in [0, 0.05) is 77.8 Å². The predicted octanol–water partition coefficient (Wildman–Crippen LogP) is -4.43. The van der Waals surface area contributed by atoms with Crippen molar-refractivity contribution in [1.82, 2.24) is 30.2 Å². The van der Waals surface area contributed by atoms with Crippen LogP contribution in [0, 0.1) is 0 Å². The molecule has 9 aliphatic heterocycles. The molecular weight excluding hydrogens is 732 g/mol. The summed E-state index contributed by atoms with van der Waals surface area (Å²) < 4.78 is 14.8. The number of carboxylic acid groups (broad SMARTS) is 3. The Morgan fingerprint density at radius 3 is 1.15 bits per heavy atom. The number of carbonyl (C=O) groups is 6. The highest BCUT2D eigenvalue weighted by atomic mass is 16.6. The van der Waals surface area contributed by atoms with Gasteiger partial charge < -0.3 is 55.5 Å². The Kier molecular flexibility index (Phi) is 15.7. The standard InChI is InChI=1S/2C6H11NO3.2C6H9NO2.C5H9NO3.C5H7NO2/c2*1-7-3-4(8)2-5(7)6(9)10;2*1-7-3-4-2-5(7)6(8)9-4;7-3-1-4(5(8)9)6-2-3;7-5-4-1-3(8-5)2-6-4/h2*4-5,8H,2-3H2,1H3,(H,9,10);2*4-5H,2-3H2,1H3;3-4,6-7H,1-2H2,(H,8,9);3-4,6H,1-2H2. The van der Waals surface area contributed by atoms with Gasteiger partial charge in [-0.3, -0.25) is 48.4 Å². The predicted molar refractivity (Wildman–Crippen MR) is 188 cm³/mol. The summed E-state index contributed by atoms with van der Waals surface area (Å²) in [6, 6.07) is -1.34. The topological polar surface area (TPSA) is 289 Å². The highest BCUT2D eigenvalue weighted by Gasteiger charge is 2.45. The van der Waals surface area contributed by atoms with E-state index in [9.17, 15) is 28.8 Å². The summed E-state index contributed by atoms with van der Waals surface area (Å²) in [5, 5.41) is 58.0. The Hall–Kier alpha value is -3.54. The number of likely N-dealkylation sites (N-methyl/N-ethyl adjacent to an activating group) is 4. The van der Waals surface area contributed by atoms with Crippen molar-refractivity contribution in [3.8, 4) is 0 Å². The van der Waals surface area contributed by atoms with Crippen LogP contribution in [0.4, 0.5) is 0 Å². The summed E-state index contributed by atoms with van der Waals surface area (Å²) in [4.78, 5) is 70.5. The third-order valence-corrected chi connectivity index (χ3v) is 10.8. The van der Waals surface area contributed by atoms with Gasteiger partial charge in [0.15, 0.2) is 0 Å². The number of aliphatic carboxylic acids is 3. The van der Waals surface area contributed by atoms with E-state index in [2.05, 4.69) is 20.4 Å². The molecule has 0 spiro atoms. The molecule has 9 heterocycles. The zero-order valence-electron chi connectivity index (χ0n) is 31.6. The van der Waals surface area contributed by atoms with E-state index >= 15 is 0 Å². The fraction of sp³-hybridized carbons (Fsp3) is 0.824. The number of hydrogen-bond acceptors (Lipinski definition) is 18. The van der Waals surface area contributed by atoms with Crippen LogP contribution in [0.25, 0.3) is 0 Å². The van der Waals surface area contributed by atoms with Crippen LogP contribution < -0.4 is 10.6 Å². The molecule has 8 N–H and O–H groups in total. The Labute approximate surface area is 318 Å². The number of morpholine rings is 3. The molecule has 0 aromatic carbocycles. The van der Waals surface area contributed by atoms with E-state index in [0.29, 0.717) is 38.9 Å². The molecule has 9 rings (SSSR count). The number of likely N-dealkylation sites (tertiary alicyclic amines) is 4. The van der Waals surface area contributed by atoms with Crippen molar-refractivity contribution in [2.75, 3.05) is 67.5 Å². The second-order valence-electron chi connectivity index (χ2n) is 15.3. The van der Waals surface area contributed by atoms with Gasteiger partial charge in [-0.15, -0.1) is 0 Å². The van der Waals surface area contributed by atoms with Crippen molar-refractivity contribution in [3.63, 3.8) is 0 Å². The van der Waals surface area contributed by atoms with Gasteiger partial charge in [0.2, 0.25) is 0 Å². The lowest BCUT2D eigenvalue weighted by molar-refractivity contribution is -0.151. The van der Waals surface area contributed by atoms with Crippen LogP contribution in [0.3, 0.4) is 0 Å². The summed E-state index contributed by atoms with van der Waals surface area (Å²) in [5.41, 5.74) is 0. The van der Waals surface area contributed by atoms with Crippen LogP contribution in [-0.4, -0.2) is 226 Å². The highest BCUT2D eigenvalue weighted by Crippen LogP contribution is 2.28. The lowest BCUT2D eigenvalue weighted by atomic mass is 10.2. The first-order chi connectivity index (χ1) is 25.8. The first kappa shape index (κ1) is 44.2. The molecular formula is C34H56N6O15. The van der Waals surface area contributed by atoms with Crippen LogP contribution >= 0.6 is 0 Å². The average Bonchev–Trinajstić information content (AvgIpc) is 3.94. The van der Waals surface area contributed by atoms with E-state index < -0.39 is 54.3 Å². The van der Waals surface area contributed by atoms with Gasteiger partial charge in [-0.2, -0.15) is 0 Å². The van der Waals surface area contributed by atoms with Crippen LogP contribution in [0.2, 0.25) is 0 Å². The van der Waals surface area contributed by atoms with E-state index in [1.165, 1.54) is 0 Å². The highest BCUT2D eigenvalue weighted by molar-refractivity contribution is 5.80. The minimum absolute atomic E-state index is 0.0278. The molecule has 0 aromatic heterocycles. The van der Waals surface area contributed by atoms with Crippen LogP contribution in [0.15, 0.2) is 0 Å². The molecule has 0 radical (unpaired) electrons. The second kappa shape index (κ2) is 19.6. The van der Waals surface area contributed by atoms with Gasteiger partial charge in [0.1, 0.15) is 54.6 Å². The van der Waals surface area contributed by atoms with Crippen molar-refractivity contribution in [2.24, 2.45) is 0 Å². The number of nitrogens with zero attached hydrogens (tertiary/aromatic N) is 4. The van der Waals surface area contributed by atoms with Crippen LogP contribution in [0.1, 0.15) is 38.5 Å². The molecule has 55 heavy (non-hydrogen) atoms. The Morgan fingerprint density at radius 2 is 0.982 bits per heavy atom. The number of fused-ring (bicyclic) bond motifs is 6. The fourth-order valence-corrected chi connectivity index (χ4v) is 7.76. The molecule has 9 fully saturated rings. The number of nitrogens with one attached hydrogen (secondary N) is 2. The normalized spacial score (nSPS) is 38.1. The van der Waals surface area contributed by atoms with E-state index in [-0.39, 0.29) is 54.3 Å². The molecule has 6 bridgehead atoms. The lowest BCUT2D eigenvalue weighted by Gasteiger charge is -2.19. The van der Waals surface area contributed by atoms with Crippen molar-refractivity contribution >= 4 is 35.8 Å². The third kappa shape index (κ3) is 12.2. The Balaban J connectivity index is 0.000000147. The molecule has 312 valence electrons. The number of hydrogen-bond donors (Lipinski definition) is 8. The average molecular weight is 789 g/mol. The van der Waals surface area contributed by atoms with Gasteiger partial charge in [-0.05, 0) is 28.2 Å². The number of aliphatic hydroxyl groups excluding tert-OH is 3. The summed E-state index contributed by atoms with van der Waals surface area (Å²) in [6.45, 7) is 4.05. The molecule has 9 aliphatic rings. The minimum Gasteiger partial charge on any atom is -0.480 e. The van der Waals surface area contributed by atoms with Crippen molar-refractivity contribution in [3.05, 3.63) is 0 Å². The second-order valence-corrected chi connectivity index (χ2v) is 15.3. The number of carboxylic acids is 3. The largest absolute Gasteiger partial charge is 0.480 e. The van der Waals surface area contributed by atoms with Crippen LogP contribution in [0.5, 0.6) is 0 Å². The molecule has 21 nitrogen and oxygen atoms in total. The quantitative estimate of drug-likeness (QED) is 0.0989. The van der Waals surface area contributed by atoms with Gasteiger partial charge in [-0.1, -0.05) is 0 Å². The van der Waals surface area contributed by atoms with E-state index in [0.717, 1.165) is 38.9 Å². The van der Waals surface area contributed by atoms with Crippen molar-refractivity contribution < 1.29 is 73.6 Å². The number of esters is 3. The zero-order valence-corrected chi connectivity index (χ0v) is 31.6. The Bertz CT molecular complexity index is 1320. The van der Waals surface area contributed by atoms with Crippen molar-refractivity contribution in [2.45, 2.75) is 111 Å². The summed E-state index contributed by atoms with van der Waals surface area (Å²) in [7, 11) is 7.33. The number of carbonyl (C=O) groups excluding carboxylic acids is 3. The van der Waals surface area contributed by atoms with Crippen LogP contribution in [-0.2, 0) is 43.0 Å². The Morgan fingerprint density at radius 1 is 0.527 bits per heavy atom. The number of rotatable bonds is 3. The molecule has 0 amide bonds. The lowest BCUT2D eigenvalue weighted by Crippen LogP contribution is -2.37. The third-order valence-electron chi connectivity index (χ3n) is 10.8. The van der Waals surface area contributed by atoms with E-state index in [1.807, 2.05) is 14.1 Å². The molecule has 21 heteroatoms. The van der Waals surface area contributed by atoms with Crippen molar-refractivity contribution in [1.29, 1.82) is 0 Å². The minimum atomic E-state index is -0.883. The maximum atomic E-state index is 10.8. The summed E-state index contributed by atoms with van der Waals surface area (Å²) >= 11 is 0. The summed E-state index contributed by atoms with van der Waals surface area (Å²) in [6.07, 6.45) is 2.92. The van der Waals surface area contributed by atoms with Gasteiger partial charge >= 0.3 is 35.8 Å². The first-order valence-electron chi connectivity index (χ1n) is 18.4. The maximum absolute atomic E-state index is 10.8.